The number of nitrogens with one attached hydrogen (secondary N) is 1. The lowest BCUT2D eigenvalue weighted by Crippen LogP contribution is -2.30. The molecule has 0 saturated carbocycles. The van der Waals surface area contributed by atoms with E-state index in [9.17, 15) is 19.1 Å². The Hall–Kier alpha value is -4.46. The van der Waals surface area contributed by atoms with Crippen LogP contribution in [0, 0.1) is 5.82 Å². The highest BCUT2D eigenvalue weighted by molar-refractivity contribution is 6.51. The summed E-state index contributed by atoms with van der Waals surface area (Å²) in [5.41, 5.74) is 2.30. The maximum atomic E-state index is 13.8. The van der Waals surface area contributed by atoms with Gasteiger partial charge in [0.15, 0.2) is 0 Å². The molecule has 1 unspecified atom stereocenters. The number of aromatic amines is 1. The van der Waals surface area contributed by atoms with E-state index in [0.29, 0.717) is 27.9 Å². The van der Waals surface area contributed by atoms with Crippen LogP contribution in [-0.4, -0.2) is 33.9 Å². The van der Waals surface area contributed by atoms with Crippen molar-refractivity contribution in [2.75, 3.05) is 12.0 Å². The molecule has 1 atom stereocenters. The van der Waals surface area contributed by atoms with Crippen molar-refractivity contribution in [3.05, 3.63) is 94.8 Å². The molecule has 0 aliphatic carbocycles. The number of H-pyrrole nitrogens is 1. The Morgan fingerprint density at radius 1 is 1.05 bits per heavy atom. The summed E-state index contributed by atoms with van der Waals surface area (Å²) < 4.78 is 19.3. The molecular formula is C29H26FN3O4. The number of aliphatic hydroxyl groups excluding tert-OH is 1. The lowest BCUT2D eigenvalue weighted by molar-refractivity contribution is -0.132. The van der Waals surface area contributed by atoms with Crippen molar-refractivity contribution in [1.29, 1.82) is 0 Å². The molecule has 0 radical (unpaired) electrons. The highest BCUT2D eigenvalue weighted by Crippen LogP contribution is 2.43. The first-order chi connectivity index (χ1) is 17.6. The third-order valence-corrected chi connectivity index (χ3v) is 6.54. The zero-order valence-electron chi connectivity index (χ0n) is 20.9. The number of imidazole rings is 1. The van der Waals surface area contributed by atoms with Crippen molar-refractivity contribution in [3.8, 4) is 5.75 Å². The number of aromatic nitrogens is 2. The maximum absolute atomic E-state index is 13.8. The van der Waals surface area contributed by atoms with Crippen LogP contribution in [0.25, 0.3) is 16.8 Å². The van der Waals surface area contributed by atoms with Crippen molar-refractivity contribution in [2.24, 2.45) is 0 Å². The summed E-state index contributed by atoms with van der Waals surface area (Å²) in [6.45, 7) is 6.10. The molecule has 2 heterocycles. The van der Waals surface area contributed by atoms with Crippen molar-refractivity contribution < 1.29 is 23.8 Å². The van der Waals surface area contributed by atoms with Gasteiger partial charge in [-0.3, -0.25) is 14.5 Å². The standard InChI is InChI=1S/C29H26FN3O4/c1-29(2,3)17-10-13-22(37-4)19(14-17)25(34)23-24(16-8-6-5-7-9-16)33(27(36)26(23)35)28-31-20-12-11-18(30)15-21(20)32-28/h5-15,24,34H,1-4H3,(H,31,32)/b25-23+. The number of nitrogens with zero attached hydrogens (tertiary/aromatic N) is 2. The minimum Gasteiger partial charge on any atom is -0.507 e. The second-order valence-corrected chi connectivity index (χ2v) is 9.97. The highest BCUT2D eigenvalue weighted by Gasteiger charge is 2.48. The molecule has 7 nitrogen and oxygen atoms in total. The average Bonchev–Trinajstić information content (AvgIpc) is 3.40. The van der Waals surface area contributed by atoms with Crippen LogP contribution in [-0.2, 0) is 15.0 Å². The number of carbonyl (C=O) groups excluding carboxylic acids is 2. The quantitative estimate of drug-likeness (QED) is 0.215. The fourth-order valence-corrected chi connectivity index (χ4v) is 4.59. The van der Waals surface area contributed by atoms with E-state index < -0.39 is 23.5 Å². The molecule has 37 heavy (non-hydrogen) atoms. The van der Waals surface area contributed by atoms with Crippen LogP contribution in [0.3, 0.4) is 0 Å². The van der Waals surface area contributed by atoms with Gasteiger partial charge in [-0.1, -0.05) is 57.2 Å². The number of hydrogen-bond donors (Lipinski definition) is 2. The number of carbonyl (C=O) groups is 2. The van der Waals surface area contributed by atoms with E-state index in [2.05, 4.69) is 9.97 Å². The zero-order valence-corrected chi connectivity index (χ0v) is 20.9. The first kappa shape index (κ1) is 24.2. The number of methoxy groups -OCH3 is 1. The van der Waals surface area contributed by atoms with Gasteiger partial charge in [-0.15, -0.1) is 0 Å². The Bertz CT molecular complexity index is 1570. The molecule has 3 aromatic carbocycles. The SMILES string of the molecule is COc1ccc(C(C)(C)C)cc1/C(O)=C1\C(=O)C(=O)N(c2nc3ccc(F)cc3[nH]2)C1c1ccccc1. The summed E-state index contributed by atoms with van der Waals surface area (Å²) in [5, 5.41) is 11.6. The lowest BCUT2D eigenvalue weighted by atomic mass is 9.85. The number of anilines is 1. The number of ether oxygens (including phenoxy) is 1. The highest BCUT2D eigenvalue weighted by atomic mass is 19.1. The van der Waals surface area contributed by atoms with Gasteiger partial charge < -0.3 is 14.8 Å². The summed E-state index contributed by atoms with van der Waals surface area (Å²) in [5.74, 6) is -2.09. The number of ketones is 1. The first-order valence-corrected chi connectivity index (χ1v) is 11.8. The van der Waals surface area contributed by atoms with Gasteiger partial charge >= 0.3 is 5.91 Å². The minimum absolute atomic E-state index is 0.0750. The minimum atomic E-state index is -0.977. The van der Waals surface area contributed by atoms with Gasteiger partial charge in [0.05, 0.1) is 35.3 Å². The van der Waals surface area contributed by atoms with Gasteiger partial charge in [0.25, 0.3) is 5.78 Å². The monoisotopic (exact) mass is 499 g/mol. The molecule has 1 amide bonds. The topological polar surface area (TPSA) is 95.5 Å². The molecule has 0 bridgehead atoms. The van der Waals surface area contributed by atoms with E-state index in [1.54, 1.807) is 36.4 Å². The normalized spacial score (nSPS) is 17.5. The van der Waals surface area contributed by atoms with E-state index in [0.717, 1.165) is 5.56 Å². The molecule has 1 aliphatic heterocycles. The van der Waals surface area contributed by atoms with Crippen molar-refractivity contribution in [2.45, 2.75) is 32.2 Å². The third kappa shape index (κ3) is 4.14. The number of Topliss-reactive ketones (excluding diaryl/α,β-unsaturated/α-hetero) is 1. The van der Waals surface area contributed by atoms with Crippen molar-refractivity contribution >= 4 is 34.4 Å². The molecule has 4 aromatic rings. The Kier molecular flexibility index (Phi) is 5.82. The van der Waals surface area contributed by atoms with Gasteiger partial charge in [-0.05, 0) is 46.9 Å². The summed E-state index contributed by atoms with van der Waals surface area (Å²) in [6.07, 6.45) is 0. The molecule has 0 spiro atoms. The largest absolute Gasteiger partial charge is 0.507 e. The molecule has 1 aromatic heterocycles. The fraction of sp³-hybridized carbons (Fsp3) is 0.207. The van der Waals surface area contributed by atoms with Crippen LogP contribution >= 0.6 is 0 Å². The Morgan fingerprint density at radius 3 is 2.46 bits per heavy atom. The number of rotatable bonds is 4. The Morgan fingerprint density at radius 2 is 1.78 bits per heavy atom. The van der Waals surface area contributed by atoms with Crippen LogP contribution in [0.5, 0.6) is 5.75 Å². The summed E-state index contributed by atoms with van der Waals surface area (Å²) in [7, 11) is 1.48. The smallest absolute Gasteiger partial charge is 0.302 e. The van der Waals surface area contributed by atoms with Crippen LogP contribution in [0.15, 0.2) is 72.3 Å². The number of halogens is 1. The summed E-state index contributed by atoms with van der Waals surface area (Å²) in [4.78, 5) is 35.5. The second-order valence-electron chi connectivity index (χ2n) is 9.97. The molecule has 188 valence electrons. The van der Waals surface area contributed by atoms with Crippen LogP contribution in [0.2, 0.25) is 0 Å². The van der Waals surface area contributed by atoms with E-state index in [1.807, 2.05) is 32.9 Å². The van der Waals surface area contributed by atoms with Crippen molar-refractivity contribution in [1.82, 2.24) is 9.97 Å². The van der Waals surface area contributed by atoms with Gasteiger partial charge in [0, 0.05) is 0 Å². The first-order valence-electron chi connectivity index (χ1n) is 11.8. The van der Waals surface area contributed by atoms with E-state index in [1.165, 1.54) is 30.2 Å². The molecule has 1 saturated heterocycles. The maximum Gasteiger partial charge on any atom is 0.302 e. The molecule has 2 N–H and O–H groups in total. The average molecular weight is 500 g/mol. The summed E-state index contributed by atoms with van der Waals surface area (Å²) >= 11 is 0. The van der Waals surface area contributed by atoms with E-state index >= 15 is 0 Å². The zero-order chi connectivity index (χ0) is 26.5. The van der Waals surface area contributed by atoms with Gasteiger partial charge in [0.2, 0.25) is 5.95 Å². The van der Waals surface area contributed by atoms with E-state index in [-0.39, 0.29) is 22.7 Å². The number of aliphatic hydroxyl groups is 1. The number of hydrogen-bond acceptors (Lipinski definition) is 5. The van der Waals surface area contributed by atoms with Gasteiger partial charge in [-0.2, -0.15) is 0 Å². The Labute approximate surface area is 213 Å². The molecular weight excluding hydrogens is 473 g/mol. The van der Waals surface area contributed by atoms with E-state index in [4.69, 9.17) is 4.74 Å². The molecule has 8 heteroatoms. The number of benzene rings is 3. The predicted octanol–water partition coefficient (Wildman–Crippen LogP) is 5.63. The van der Waals surface area contributed by atoms with Gasteiger partial charge in [-0.25, -0.2) is 9.37 Å². The predicted molar refractivity (Wildman–Crippen MR) is 139 cm³/mol. The summed E-state index contributed by atoms with van der Waals surface area (Å²) in [6, 6.07) is 17.4. The molecule has 1 fully saturated rings. The van der Waals surface area contributed by atoms with Gasteiger partial charge in [0.1, 0.15) is 17.3 Å². The second kappa shape index (κ2) is 8.89. The fourth-order valence-electron chi connectivity index (χ4n) is 4.59. The van der Waals surface area contributed by atoms with Crippen LogP contribution < -0.4 is 9.64 Å². The number of amides is 1. The molecule has 5 rings (SSSR count). The van der Waals surface area contributed by atoms with Crippen molar-refractivity contribution in [3.63, 3.8) is 0 Å². The lowest BCUT2D eigenvalue weighted by Gasteiger charge is -2.24. The van der Waals surface area contributed by atoms with Crippen LogP contribution in [0.4, 0.5) is 10.3 Å². The third-order valence-electron chi connectivity index (χ3n) is 6.54. The number of fused-ring (bicyclic) bond motifs is 1. The molecule has 1 aliphatic rings. The Balaban J connectivity index is 1.75. The van der Waals surface area contributed by atoms with Crippen LogP contribution in [0.1, 0.15) is 43.5 Å².